The van der Waals surface area contributed by atoms with Crippen LogP contribution in [-0.2, 0) is 11.2 Å². The van der Waals surface area contributed by atoms with Crippen molar-refractivity contribution in [2.75, 3.05) is 6.61 Å². The third kappa shape index (κ3) is 3.72. The first-order valence-corrected chi connectivity index (χ1v) is 8.39. The quantitative estimate of drug-likeness (QED) is 0.882. The Bertz CT molecular complexity index is 405. The molecule has 0 aromatic carbocycles. The highest BCUT2D eigenvalue weighted by Gasteiger charge is 2.41. The summed E-state index contributed by atoms with van der Waals surface area (Å²) in [5.41, 5.74) is 6.38. The molecule has 1 aromatic heterocycles. The molecule has 3 unspecified atom stereocenters. The van der Waals surface area contributed by atoms with Crippen molar-refractivity contribution in [3.8, 4) is 0 Å². The fourth-order valence-electron chi connectivity index (χ4n) is 3.27. The summed E-state index contributed by atoms with van der Waals surface area (Å²) < 4.78 is 6.97. The first kappa shape index (κ1) is 15.3. The predicted octanol–water partition coefficient (Wildman–Crippen LogP) is 4.26. The van der Waals surface area contributed by atoms with Crippen LogP contribution < -0.4 is 5.73 Å². The molecular weight excluding hydrogens is 278 g/mol. The van der Waals surface area contributed by atoms with Gasteiger partial charge in [0, 0.05) is 17.5 Å². The highest BCUT2D eigenvalue weighted by molar-refractivity contribution is 7.16. The lowest BCUT2D eigenvalue weighted by molar-refractivity contribution is -0.0923. The van der Waals surface area contributed by atoms with E-state index in [1.165, 1.54) is 17.7 Å². The minimum absolute atomic E-state index is 0.0601. The van der Waals surface area contributed by atoms with E-state index in [1.807, 2.05) is 6.07 Å². The van der Waals surface area contributed by atoms with Crippen molar-refractivity contribution < 1.29 is 4.74 Å². The molecule has 108 valence electrons. The van der Waals surface area contributed by atoms with Crippen molar-refractivity contribution >= 4 is 22.9 Å². The smallest absolute Gasteiger partial charge is 0.0931 e. The maximum atomic E-state index is 6.51. The molecule has 1 heterocycles. The van der Waals surface area contributed by atoms with Crippen molar-refractivity contribution in [1.29, 1.82) is 0 Å². The molecule has 1 aliphatic carbocycles. The molecule has 0 amide bonds. The van der Waals surface area contributed by atoms with Gasteiger partial charge >= 0.3 is 0 Å². The maximum absolute atomic E-state index is 6.51. The summed E-state index contributed by atoms with van der Waals surface area (Å²) in [4.78, 5) is 1.26. The standard InChI is InChI=1S/C15H24ClNOS/c1-3-18-15(8-4-5-11(2)10-15)13(17)9-12-6-7-14(16)19-12/h6-7,11,13H,3-5,8-10,17H2,1-2H3. The van der Waals surface area contributed by atoms with Crippen molar-refractivity contribution in [2.24, 2.45) is 11.7 Å². The fraction of sp³-hybridized carbons (Fsp3) is 0.733. The minimum atomic E-state index is -0.136. The summed E-state index contributed by atoms with van der Waals surface area (Å²) in [6.07, 6.45) is 5.56. The van der Waals surface area contributed by atoms with Crippen LogP contribution in [0, 0.1) is 5.92 Å². The number of thiophene rings is 1. The number of rotatable bonds is 5. The second-order valence-electron chi connectivity index (χ2n) is 5.72. The van der Waals surface area contributed by atoms with E-state index < -0.39 is 0 Å². The van der Waals surface area contributed by atoms with Crippen LogP contribution in [0.25, 0.3) is 0 Å². The van der Waals surface area contributed by atoms with Gasteiger partial charge in [-0.2, -0.15) is 0 Å². The normalized spacial score (nSPS) is 29.4. The molecule has 2 nitrogen and oxygen atoms in total. The summed E-state index contributed by atoms with van der Waals surface area (Å²) in [7, 11) is 0. The Balaban J connectivity index is 2.09. The average Bonchev–Trinajstić information content (AvgIpc) is 2.75. The van der Waals surface area contributed by atoms with Gasteiger partial charge in [-0.15, -0.1) is 11.3 Å². The first-order chi connectivity index (χ1) is 9.05. The summed E-state index contributed by atoms with van der Waals surface area (Å²) in [6.45, 7) is 5.11. The molecular formula is C15H24ClNOS. The molecule has 0 saturated heterocycles. The van der Waals surface area contributed by atoms with Crippen LogP contribution in [0.4, 0.5) is 0 Å². The molecule has 1 saturated carbocycles. The number of ether oxygens (including phenoxy) is 1. The Hall–Kier alpha value is -0.0900. The van der Waals surface area contributed by atoms with Gasteiger partial charge in [-0.25, -0.2) is 0 Å². The van der Waals surface area contributed by atoms with Crippen LogP contribution >= 0.6 is 22.9 Å². The second-order valence-corrected chi connectivity index (χ2v) is 7.52. The maximum Gasteiger partial charge on any atom is 0.0931 e. The molecule has 0 spiro atoms. The van der Waals surface area contributed by atoms with E-state index in [0.717, 1.165) is 30.2 Å². The van der Waals surface area contributed by atoms with Crippen LogP contribution in [0.1, 0.15) is 44.4 Å². The van der Waals surface area contributed by atoms with E-state index in [1.54, 1.807) is 11.3 Å². The van der Waals surface area contributed by atoms with Crippen LogP contribution in [0.3, 0.4) is 0 Å². The zero-order chi connectivity index (χ0) is 13.9. The summed E-state index contributed by atoms with van der Waals surface area (Å²) in [6, 6.07) is 4.09. The van der Waals surface area contributed by atoms with E-state index in [9.17, 15) is 0 Å². The van der Waals surface area contributed by atoms with Gasteiger partial charge in [0.15, 0.2) is 0 Å². The van der Waals surface area contributed by atoms with Gasteiger partial charge in [-0.05, 0) is 44.2 Å². The van der Waals surface area contributed by atoms with Crippen LogP contribution in [0.15, 0.2) is 12.1 Å². The number of hydrogen-bond donors (Lipinski definition) is 1. The highest BCUT2D eigenvalue weighted by atomic mass is 35.5. The lowest BCUT2D eigenvalue weighted by Crippen LogP contribution is -2.53. The van der Waals surface area contributed by atoms with Crippen LogP contribution in [-0.4, -0.2) is 18.2 Å². The number of hydrogen-bond acceptors (Lipinski definition) is 3. The van der Waals surface area contributed by atoms with Gasteiger partial charge in [0.2, 0.25) is 0 Å². The summed E-state index contributed by atoms with van der Waals surface area (Å²) in [5.74, 6) is 0.707. The Kier molecular flexibility index (Phi) is 5.29. The van der Waals surface area contributed by atoms with E-state index in [2.05, 4.69) is 19.9 Å². The molecule has 0 aliphatic heterocycles. The molecule has 4 heteroatoms. The molecule has 1 fully saturated rings. The molecule has 19 heavy (non-hydrogen) atoms. The largest absolute Gasteiger partial charge is 0.374 e. The van der Waals surface area contributed by atoms with E-state index in [4.69, 9.17) is 22.1 Å². The van der Waals surface area contributed by atoms with Gasteiger partial charge in [0.1, 0.15) is 0 Å². The van der Waals surface area contributed by atoms with Crippen molar-refractivity contribution in [2.45, 2.75) is 57.6 Å². The fourth-order valence-corrected chi connectivity index (χ4v) is 4.42. The van der Waals surface area contributed by atoms with Crippen molar-refractivity contribution in [3.63, 3.8) is 0 Å². The highest BCUT2D eigenvalue weighted by Crippen LogP contribution is 2.38. The first-order valence-electron chi connectivity index (χ1n) is 7.19. The Morgan fingerprint density at radius 2 is 2.37 bits per heavy atom. The van der Waals surface area contributed by atoms with Gasteiger partial charge < -0.3 is 10.5 Å². The average molecular weight is 302 g/mol. The zero-order valence-corrected chi connectivity index (χ0v) is 13.4. The molecule has 3 atom stereocenters. The van der Waals surface area contributed by atoms with Crippen molar-refractivity contribution in [3.05, 3.63) is 21.3 Å². The van der Waals surface area contributed by atoms with Gasteiger partial charge in [-0.1, -0.05) is 31.4 Å². The topological polar surface area (TPSA) is 35.2 Å². The lowest BCUT2D eigenvalue weighted by atomic mass is 9.74. The zero-order valence-electron chi connectivity index (χ0n) is 11.8. The van der Waals surface area contributed by atoms with Crippen molar-refractivity contribution in [1.82, 2.24) is 0 Å². The SMILES string of the molecule is CCOC1(C(N)Cc2ccc(Cl)s2)CCCC(C)C1. The monoisotopic (exact) mass is 301 g/mol. The Labute approximate surface area is 125 Å². The predicted molar refractivity (Wildman–Crippen MR) is 83.0 cm³/mol. The molecule has 2 N–H and O–H groups in total. The summed E-state index contributed by atoms with van der Waals surface area (Å²) >= 11 is 7.62. The van der Waals surface area contributed by atoms with E-state index in [0.29, 0.717) is 5.92 Å². The molecule has 1 aromatic rings. The lowest BCUT2D eigenvalue weighted by Gasteiger charge is -2.44. The molecule has 0 radical (unpaired) electrons. The van der Waals surface area contributed by atoms with E-state index >= 15 is 0 Å². The van der Waals surface area contributed by atoms with Gasteiger partial charge in [0.05, 0.1) is 9.94 Å². The number of halogens is 1. The number of nitrogens with two attached hydrogens (primary N) is 1. The third-order valence-electron chi connectivity index (χ3n) is 4.15. The third-order valence-corrected chi connectivity index (χ3v) is 5.40. The van der Waals surface area contributed by atoms with E-state index in [-0.39, 0.29) is 11.6 Å². The second kappa shape index (κ2) is 6.57. The minimum Gasteiger partial charge on any atom is -0.374 e. The van der Waals surface area contributed by atoms with Gasteiger partial charge in [-0.3, -0.25) is 0 Å². The van der Waals surface area contributed by atoms with Gasteiger partial charge in [0.25, 0.3) is 0 Å². The van der Waals surface area contributed by atoms with Crippen LogP contribution in [0.2, 0.25) is 4.34 Å². The Morgan fingerprint density at radius 3 is 2.95 bits per heavy atom. The van der Waals surface area contributed by atoms with Crippen LogP contribution in [0.5, 0.6) is 0 Å². The Morgan fingerprint density at radius 1 is 1.58 bits per heavy atom. The summed E-state index contributed by atoms with van der Waals surface area (Å²) in [5, 5.41) is 0. The molecule has 2 rings (SSSR count). The molecule has 0 bridgehead atoms. The molecule has 1 aliphatic rings.